The van der Waals surface area contributed by atoms with E-state index in [4.69, 9.17) is 15.0 Å². The number of nitrogens with two attached hydrogens (primary N) is 1. The Hall–Kier alpha value is -1.95. The number of hydrogen-bond donors (Lipinski definition) is 1. The highest BCUT2D eigenvalue weighted by Crippen LogP contribution is 2.26. The standard InChI is InChI=1S/C11H12FN3O2/c1-16-6-5-9-14-11(17-15-9)7-3-2-4-8(12)10(7)13/h2-4H,5-6,13H2,1H3. The van der Waals surface area contributed by atoms with E-state index in [1.807, 2.05) is 0 Å². The van der Waals surface area contributed by atoms with Crippen LogP contribution in [0.5, 0.6) is 0 Å². The number of nitrogen functional groups attached to an aromatic ring is 1. The number of aromatic nitrogens is 2. The van der Waals surface area contributed by atoms with E-state index in [0.29, 0.717) is 24.4 Å². The number of halogens is 1. The Morgan fingerprint density at radius 1 is 1.47 bits per heavy atom. The van der Waals surface area contributed by atoms with E-state index in [0.717, 1.165) is 0 Å². The van der Waals surface area contributed by atoms with Crippen molar-refractivity contribution in [2.45, 2.75) is 6.42 Å². The maximum absolute atomic E-state index is 13.2. The molecule has 0 spiro atoms. The fourth-order valence-electron chi connectivity index (χ4n) is 1.38. The Kier molecular flexibility index (Phi) is 3.34. The molecule has 1 heterocycles. The van der Waals surface area contributed by atoms with Crippen LogP contribution in [0, 0.1) is 5.82 Å². The van der Waals surface area contributed by atoms with Gasteiger partial charge in [0.1, 0.15) is 5.82 Å². The van der Waals surface area contributed by atoms with Gasteiger partial charge in [0.15, 0.2) is 5.82 Å². The Bertz CT molecular complexity index is 513. The summed E-state index contributed by atoms with van der Waals surface area (Å²) in [6.45, 7) is 0.498. The summed E-state index contributed by atoms with van der Waals surface area (Å²) in [5, 5.41) is 3.76. The van der Waals surface area contributed by atoms with E-state index in [1.54, 1.807) is 19.2 Å². The molecule has 0 atom stereocenters. The van der Waals surface area contributed by atoms with E-state index < -0.39 is 5.82 Å². The summed E-state index contributed by atoms with van der Waals surface area (Å²) in [7, 11) is 1.59. The molecule has 1 aromatic carbocycles. The van der Waals surface area contributed by atoms with Gasteiger partial charge in [-0.2, -0.15) is 4.98 Å². The van der Waals surface area contributed by atoms with Gasteiger partial charge >= 0.3 is 0 Å². The van der Waals surface area contributed by atoms with Crippen LogP contribution in [0.2, 0.25) is 0 Å². The number of hydrogen-bond acceptors (Lipinski definition) is 5. The van der Waals surface area contributed by atoms with Crippen LogP contribution < -0.4 is 5.73 Å². The maximum atomic E-state index is 13.2. The predicted octanol–water partition coefficient (Wildman–Crippen LogP) is 1.65. The molecular weight excluding hydrogens is 225 g/mol. The molecule has 17 heavy (non-hydrogen) atoms. The minimum absolute atomic E-state index is 0.00874. The molecule has 0 bridgehead atoms. The number of anilines is 1. The fraction of sp³-hybridized carbons (Fsp3) is 0.273. The molecule has 0 saturated carbocycles. The Balaban J connectivity index is 2.27. The molecule has 0 radical (unpaired) electrons. The first-order valence-electron chi connectivity index (χ1n) is 5.08. The molecular formula is C11H12FN3O2. The van der Waals surface area contributed by atoms with Gasteiger partial charge in [-0.15, -0.1) is 0 Å². The third kappa shape index (κ3) is 2.42. The minimum Gasteiger partial charge on any atom is -0.396 e. The van der Waals surface area contributed by atoms with Crippen molar-refractivity contribution in [1.29, 1.82) is 0 Å². The van der Waals surface area contributed by atoms with Crippen molar-refractivity contribution in [2.75, 3.05) is 19.5 Å². The molecule has 0 amide bonds. The number of nitrogens with zero attached hydrogens (tertiary/aromatic N) is 2. The van der Waals surface area contributed by atoms with E-state index in [1.165, 1.54) is 6.07 Å². The largest absolute Gasteiger partial charge is 0.396 e. The second-order valence-corrected chi connectivity index (χ2v) is 3.46. The lowest BCUT2D eigenvalue weighted by molar-refractivity contribution is 0.199. The summed E-state index contributed by atoms with van der Waals surface area (Å²) in [6.07, 6.45) is 0.537. The van der Waals surface area contributed by atoms with Crippen LogP contribution in [-0.2, 0) is 11.2 Å². The Morgan fingerprint density at radius 2 is 2.29 bits per heavy atom. The minimum atomic E-state index is -0.501. The molecule has 5 nitrogen and oxygen atoms in total. The molecule has 1 aromatic heterocycles. The Labute approximate surface area is 97.4 Å². The van der Waals surface area contributed by atoms with Crippen molar-refractivity contribution >= 4 is 5.69 Å². The third-order valence-corrected chi connectivity index (χ3v) is 2.28. The first-order valence-corrected chi connectivity index (χ1v) is 5.08. The SMILES string of the molecule is COCCc1noc(-c2cccc(F)c2N)n1. The summed E-state index contributed by atoms with van der Waals surface area (Å²) in [6, 6.07) is 4.45. The second kappa shape index (κ2) is 4.92. The van der Waals surface area contributed by atoms with E-state index in [-0.39, 0.29) is 11.6 Å². The van der Waals surface area contributed by atoms with Crippen molar-refractivity contribution < 1.29 is 13.7 Å². The summed E-state index contributed by atoms with van der Waals surface area (Å²) in [4.78, 5) is 4.12. The van der Waals surface area contributed by atoms with Crippen molar-refractivity contribution in [2.24, 2.45) is 0 Å². The molecule has 0 aliphatic heterocycles. The Morgan fingerprint density at radius 3 is 3.06 bits per heavy atom. The van der Waals surface area contributed by atoms with Gasteiger partial charge < -0.3 is 15.0 Å². The highest BCUT2D eigenvalue weighted by Gasteiger charge is 2.13. The van der Waals surface area contributed by atoms with Gasteiger partial charge in [-0.3, -0.25) is 0 Å². The van der Waals surface area contributed by atoms with E-state index in [2.05, 4.69) is 10.1 Å². The van der Waals surface area contributed by atoms with Crippen molar-refractivity contribution in [3.05, 3.63) is 29.8 Å². The first-order chi connectivity index (χ1) is 8.22. The van der Waals surface area contributed by atoms with Gasteiger partial charge in [0.25, 0.3) is 5.89 Å². The molecule has 2 aromatic rings. The molecule has 6 heteroatoms. The van der Waals surface area contributed by atoms with E-state index >= 15 is 0 Å². The zero-order valence-electron chi connectivity index (χ0n) is 9.31. The van der Waals surface area contributed by atoms with Crippen molar-refractivity contribution in [1.82, 2.24) is 10.1 Å². The first kappa shape index (κ1) is 11.5. The van der Waals surface area contributed by atoms with Crippen LogP contribution in [0.1, 0.15) is 5.82 Å². The van der Waals surface area contributed by atoms with Crippen LogP contribution in [0.4, 0.5) is 10.1 Å². The van der Waals surface area contributed by atoms with Crippen molar-refractivity contribution in [3.8, 4) is 11.5 Å². The highest BCUT2D eigenvalue weighted by molar-refractivity contribution is 5.70. The monoisotopic (exact) mass is 237 g/mol. The number of rotatable bonds is 4. The van der Waals surface area contributed by atoms with Gasteiger partial charge in [-0.1, -0.05) is 11.2 Å². The number of para-hydroxylation sites is 1. The van der Waals surface area contributed by atoms with E-state index in [9.17, 15) is 4.39 Å². The van der Waals surface area contributed by atoms with Crippen LogP contribution in [-0.4, -0.2) is 23.9 Å². The maximum Gasteiger partial charge on any atom is 0.260 e. The molecule has 2 N–H and O–H groups in total. The molecule has 0 aliphatic rings. The average Bonchev–Trinajstić information content (AvgIpc) is 2.78. The highest BCUT2D eigenvalue weighted by atomic mass is 19.1. The number of ether oxygens (including phenoxy) is 1. The summed E-state index contributed by atoms with van der Waals surface area (Å²) in [5.74, 6) is 0.220. The van der Waals surface area contributed by atoms with Gasteiger partial charge in [0.05, 0.1) is 17.9 Å². The van der Waals surface area contributed by atoms with Crippen molar-refractivity contribution in [3.63, 3.8) is 0 Å². The fourth-order valence-corrected chi connectivity index (χ4v) is 1.38. The lowest BCUT2D eigenvalue weighted by atomic mass is 10.2. The van der Waals surface area contributed by atoms with Crippen LogP contribution in [0.25, 0.3) is 11.5 Å². The lowest BCUT2D eigenvalue weighted by Crippen LogP contribution is -1.97. The molecule has 90 valence electrons. The summed E-state index contributed by atoms with van der Waals surface area (Å²) < 4.78 is 23.2. The number of methoxy groups -OCH3 is 1. The lowest BCUT2D eigenvalue weighted by Gasteiger charge is -2.00. The smallest absolute Gasteiger partial charge is 0.260 e. The summed E-state index contributed by atoms with van der Waals surface area (Å²) in [5.41, 5.74) is 6.01. The van der Waals surface area contributed by atoms with Gasteiger partial charge in [-0.25, -0.2) is 4.39 Å². The normalized spacial score (nSPS) is 10.7. The zero-order valence-corrected chi connectivity index (χ0v) is 9.31. The topological polar surface area (TPSA) is 74.2 Å². The average molecular weight is 237 g/mol. The molecule has 2 rings (SSSR count). The predicted molar refractivity (Wildman–Crippen MR) is 59.7 cm³/mol. The quantitative estimate of drug-likeness (QED) is 0.818. The van der Waals surface area contributed by atoms with Crippen LogP contribution in [0.15, 0.2) is 22.7 Å². The van der Waals surface area contributed by atoms with Gasteiger partial charge in [0, 0.05) is 13.5 Å². The van der Waals surface area contributed by atoms with Crippen LogP contribution in [0.3, 0.4) is 0 Å². The zero-order chi connectivity index (χ0) is 12.3. The second-order valence-electron chi connectivity index (χ2n) is 3.46. The summed E-state index contributed by atoms with van der Waals surface area (Å²) >= 11 is 0. The molecule has 0 saturated heterocycles. The number of benzene rings is 1. The third-order valence-electron chi connectivity index (χ3n) is 2.28. The van der Waals surface area contributed by atoms with Gasteiger partial charge in [-0.05, 0) is 12.1 Å². The molecule has 0 fully saturated rings. The molecule has 0 unspecified atom stereocenters. The van der Waals surface area contributed by atoms with Crippen LogP contribution >= 0.6 is 0 Å². The molecule has 0 aliphatic carbocycles. The van der Waals surface area contributed by atoms with Gasteiger partial charge in [0.2, 0.25) is 0 Å².